The largest absolute Gasteiger partial charge is 1.00 e. The van der Waals surface area contributed by atoms with Gasteiger partial charge in [-0.1, -0.05) is 0 Å². The molecule has 0 amide bonds. The average molecular weight is 107 g/mol. The van der Waals surface area contributed by atoms with Crippen LogP contribution in [0.5, 0.6) is 0 Å². The van der Waals surface area contributed by atoms with E-state index in [2.05, 4.69) is 4.74 Å². The molecule has 0 heterocycles. The first-order valence-corrected chi connectivity index (χ1v) is 2.21. The number of hydrogen-bond acceptors (Lipinski definition) is 3. The Labute approximate surface area is 44.0 Å². The molecule has 0 bridgehead atoms. The Hall–Kier alpha value is -0.120. The molecule has 0 fully saturated rings. The average Bonchev–Trinajstić information content (AvgIpc) is 1.69. The quantitative estimate of drug-likeness (QED) is 0.458. The zero-order chi connectivity index (χ0) is 5.54. The second-order valence-corrected chi connectivity index (χ2v) is 1.06. The third kappa shape index (κ3) is 5.88. The van der Waals surface area contributed by atoms with Crippen LogP contribution in [0.15, 0.2) is 0 Å². The summed E-state index contributed by atoms with van der Waals surface area (Å²) in [5.41, 5.74) is 0. The molecule has 0 saturated carbocycles. The monoisotopic (exact) mass is 107 g/mol. The van der Waals surface area contributed by atoms with Crippen molar-refractivity contribution in [2.75, 3.05) is 26.4 Å². The lowest BCUT2D eigenvalue weighted by molar-refractivity contribution is 0.0650. The fourth-order valence-corrected chi connectivity index (χ4v) is 0.231. The highest BCUT2D eigenvalue weighted by atomic mass is 16.5. The maximum Gasteiger partial charge on any atom is 1.00 e. The third-order valence-corrected chi connectivity index (χ3v) is 0.471. The molecule has 0 unspecified atom stereocenters. The lowest BCUT2D eigenvalue weighted by Crippen LogP contribution is -2.03. The molecule has 44 valence electrons. The minimum Gasteiger partial charge on any atom is -0.394 e. The Morgan fingerprint density at radius 1 is 1.14 bits per heavy atom. The van der Waals surface area contributed by atoms with Crippen molar-refractivity contribution in [2.45, 2.75) is 0 Å². The summed E-state index contributed by atoms with van der Waals surface area (Å²) in [7, 11) is 0. The van der Waals surface area contributed by atoms with Crippen molar-refractivity contribution in [2.24, 2.45) is 0 Å². The van der Waals surface area contributed by atoms with E-state index in [-0.39, 0.29) is 14.6 Å². The second-order valence-electron chi connectivity index (χ2n) is 1.06. The lowest BCUT2D eigenvalue weighted by Gasteiger charge is -1.94. The predicted molar refractivity (Wildman–Crippen MR) is 26.1 cm³/mol. The van der Waals surface area contributed by atoms with E-state index < -0.39 is 0 Å². The molecule has 0 radical (unpaired) electrons. The van der Waals surface area contributed by atoms with E-state index in [0.29, 0.717) is 13.2 Å². The summed E-state index contributed by atoms with van der Waals surface area (Å²) in [5, 5.41) is 16.2. The molecule has 0 aliphatic carbocycles. The molecular weight excluding hydrogens is 96.0 g/mol. The van der Waals surface area contributed by atoms with Gasteiger partial charge in [0.2, 0.25) is 0 Å². The van der Waals surface area contributed by atoms with Gasteiger partial charge in [0.15, 0.2) is 0 Å². The first kappa shape index (κ1) is 6.88. The normalized spacial score (nSPS) is 9.43. The van der Waals surface area contributed by atoms with E-state index in [1.165, 1.54) is 0 Å². The zero-order valence-electron chi connectivity index (χ0n) is 5.13. The van der Waals surface area contributed by atoms with Crippen molar-refractivity contribution < 1.29 is 16.4 Å². The van der Waals surface area contributed by atoms with Crippen molar-refractivity contribution in [3.05, 3.63) is 0 Å². The minimum atomic E-state index is 0. The highest BCUT2D eigenvalue weighted by Gasteiger charge is 1.79. The number of aliphatic hydroxyl groups is 2. The zero-order valence-corrected chi connectivity index (χ0v) is 4.13. The molecule has 0 spiro atoms. The predicted octanol–water partition coefficient (Wildman–Crippen LogP) is -0.900. The van der Waals surface area contributed by atoms with Crippen LogP contribution in [0.2, 0.25) is 0 Å². The third-order valence-electron chi connectivity index (χ3n) is 0.471. The standard InChI is InChI=1S/C4H10O3/c5-1-3-7-4-2-6/h5-6H,1-4H2/p+1. The Bertz CT molecular complexity index is 30.5. The van der Waals surface area contributed by atoms with Crippen molar-refractivity contribution >= 4 is 0 Å². The molecular formula is C4H11O3+. The van der Waals surface area contributed by atoms with Crippen LogP contribution in [0.4, 0.5) is 0 Å². The summed E-state index contributed by atoms with van der Waals surface area (Å²) in [4.78, 5) is 0. The summed E-state index contributed by atoms with van der Waals surface area (Å²) < 4.78 is 4.63. The highest BCUT2D eigenvalue weighted by molar-refractivity contribution is 4.24. The molecule has 0 aromatic carbocycles. The van der Waals surface area contributed by atoms with E-state index in [1.807, 2.05) is 0 Å². The first-order chi connectivity index (χ1) is 3.41. The molecule has 0 atom stereocenters. The lowest BCUT2D eigenvalue weighted by atomic mass is 10.7. The van der Waals surface area contributed by atoms with E-state index in [9.17, 15) is 0 Å². The summed E-state index contributed by atoms with van der Waals surface area (Å²) in [6.07, 6.45) is 0. The fraction of sp³-hybridized carbons (Fsp3) is 1.00. The Balaban J connectivity index is 0. The van der Waals surface area contributed by atoms with Crippen LogP contribution in [0.25, 0.3) is 0 Å². The summed E-state index contributed by atoms with van der Waals surface area (Å²) in [6, 6.07) is 0. The Kier molecular flexibility index (Phi) is 5.78. The smallest absolute Gasteiger partial charge is 0.394 e. The van der Waals surface area contributed by atoms with Gasteiger partial charge in [0, 0.05) is 0 Å². The van der Waals surface area contributed by atoms with Gasteiger partial charge in [0.25, 0.3) is 0 Å². The number of hydrogen-bond donors (Lipinski definition) is 2. The van der Waals surface area contributed by atoms with Gasteiger partial charge in [-0.15, -0.1) is 0 Å². The molecule has 2 N–H and O–H groups in total. The molecule has 3 nitrogen and oxygen atoms in total. The van der Waals surface area contributed by atoms with Gasteiger partial charge in [-0.3, -0.25) is 0 Å². The van der Waals surface area contributed by atoms with Crippen LogP contribution in [-0.2, 0) is 4.74 Å². The van der Waals surface area contributed by atoms with Gasteiger partial charge in [-0.2, -0.15) is 0 Å². The summed E-state index contributed by atoms with van der Waals surface area (Å²) >= 11 is 0. The van der Waals surface area contributed by atoms with Crippen LogP contribution >= 0.6 is 0 Å². The second kappa shape index (κ2) is 5.88. The Morgan fingerprint density at radius 3 is 1.86 bits per heavy atom. The van der Waals surface area contributed by atoms with Crippen molar-refractivity contribution in [3.63, 3.8) is 0 Å². The summed E-state index contributed by atoms with van der Waals surface area (Å²) in [6.45, 7) is 0.696. The van der Waals surface area contributed by atoms with E-state index >= 15 is 0 Å². The van der Waals surface area contributed by atoms with Gasteiger partial charge in [-0.05, 0) is 0 Å². The Morgan fingerprint density at radius 2 is 1.57 bits per heavy atom. The number of rotatable bonds is 4. The molecule has 0 saturated heterocycles. The van der Waals surface area contributed by atoms with Gasteiger partial charge >= 0.3 is 1.43 Å². The maximum atomic E-state index is 8.09. The molecule has 0 aromatic heterocycles. The van der Waals surface area contributed by atoms with E-state index in [4.69, 9.17) is 10.2 Å². The van der Waals surface area contributed by atoms with E-state index in [1.54, 1.807) is 0 Å². The number of aliphatic hydroxyl groups excluding tert-OH is 2. The van der Waals surface area contributed by atoms with Gasteiger partial charge in [-0.25, -0.2) is 0 Å². The summed E-state index contributed by atoms with van der Waals surface area (Å²) in [5.74, 6) is 0. The highest BCUT2D eigenvalue weighted by Crippen LogP contribution is 1.68. The van der Waals surface area contributed by atoms with Crippen molar-refractivity contribution in [1.82, 2.24) is 0 Å². The SMILES string of the molecule is OCCOCCO.[H+]. The van der Waals surface area contributed by atoms with Crippen molar-refractivity contribution in [1.29, 1.82) is 0 Å². The van der Waals surface area contributed by atoms with Crippen LogP contribution in [-0.4, -0.2) is 36.6 Å². The maximum absolute atomic E-state index is 8.09. The number of ether oxygens (including phenoxy) is 1. The molecule has 0 aliphatic heterocycles. The fourth-order valence-electron chi connectivity index (χ4n) is 0.231. The molecule has 0 aliphatic rings. The van der Waals surface area contributed by atoms with Crippen molar-refractivity contribution in [3.8, 4) is 0 Å². The van der Waals surface area contributed by atoms with Gasteiger partial charge < -0.3 is 14.9 Å². The van der Waals surface area contributed by atoms with E-state index in [0.717, 1.165) is 0 Å². The molecule has 0 rings (SSSR count). The molecule has 7 heavy (non-hydrogen) atoms. The van der Waals surface area contributed by atoms with Crippen LogP contribution in [0, 0.1) is 0 Å². The first-order valence-electron chi connectivity index (χ1n) is 2.21. The van der Waals surface area contributed by atoms with Crippen LogP contribution < -0.4 is 0 Å². The van der Waals surface area contributed by atoms with Gasteiger partial charge in [0.1, 0.15) is 0 Å². The van der Waals surface area contributed by atoms with Gasteiger partial charge in [0.05, 0.1) is 26.4 Å². The topological polar surface area (TPSA) is 49.7 Å². The minimum absolute atomic E-state index is 0. The molecule has 0 aromatic rings. The van der Waals surface area contributed by atoms with Crippen LogP contribution in [0.3, 0.4) is 0 Å². The molecule has 3 heteroatoms. The van der Waals surface area contributed by atoms with Crippen LogP contribution in [0.1, 0.15) is 1.43 Å².